The minimum absolute atomic E-state index is 0.475. The van der Waals surface area contributed by atoms with Crippen LogP contribution in [-0.4, -0.2) is 0 Å². The Morgan fingerprint density at radius 1 is 1.27 bits per heavy atom. The monoisotopic (exact) mass is 220 g/mol. The largest absolute Gasteiger partial charge is 0.469 e. The van der Waals surface area contributed by atoms with E-state index in [2.05, 4.69) is 32.0 Å². The molecule has 0 aromatic carbocycles. The second-order valence-electron chi connectivity index (χ2n) is 3.84. The topological polar surface area (TPSA) is 13.1 Å². The lowest BCUT2D eigenvalue weighted by molar-refractivity contribution is 0.474. The summed E-state index contributed by atoms with van der Waals surface area (Å²) in [5.74, 6) is 1.56. The van der Waals surface area contributed by atoms with Gasteiger partial charge in [0.2, 0.25) is 0 Å². The molecule has 0 amide bonds. The van der Waals surface area contributed by atoms with Crippen LogP contribution in [0, 0.1) is 0 Å². The SMILES string of the molecule is CCc1ccc(CC(C)c2ccco2)s1. The number of furan rings is 1. The van der Waals surface area contributed by atoms with E-state index < -0.39 is 0 Å². The van der Waals surface area contributed by atoms with Gasteiger partial charge in [-0.25, -0.2) is 0 Å². The van der Waals surface area contributed by atoms with Crippen molar-refractivity contribution in [3.05, 3.63) is 46.0 Å². The third-order valence-corrected chi connectivity index (χ3v) is 3.85. The molecule has 0 spiro atoms. The Kier molecular flexibility index (Phi) is 3.27. The highest BCUT2D eigenvalue weighted by molar-refractivity contribution is 7.11. The van der Waals surface area contributed by atoms with E-state index in [1.54, 1.807) is 6.26 Å². The molecule has 80 valence electrons. The lowest BCUT2D eigenvalue weighted by Crippen LogP contribution is -1.94. The summed E-state index contributed by atoms with van der Waals surface area (Å²) in [6, 6.07) is 8.48. The normalized spacial score (nSPS) is 12.9. The molecule has 2 aromatic rings. The van der Waals surface area contributed by atoms with Crippen LogP contribution < -0.4 is 0 Å². The van der Waals surface area contributed by atoms with Crippen LogP contribution in [0.15, 0.2) is 34.9 Å². The minimum atomic E-state index is 0.475. The van der Waals surface area contributed by atoms with Crippen LogP contribution in [0.5, 0.6) is 0 Å². The van der Waals surface area contributed by atoms with Crippen molar-refractivity contribution < 1.29 is 4.42 Å². The van der Waals surface area contributed by atoms with Gasteiger partial charge in [0.1, 0.15) is 5.76 Å². The molecule has 0 fully saturated rings. The first-order valence-corrected chi connectivity index (χ1v) is 6.22. The number of rotatable bonds is 4. The van der Waals surface area contributed by atoms with Crippen molar-refractivity contribution >= 4 is 11.3 Å². The van der Waals surface area contributed by atoms with Gasteiger partial charge < -0.3 is 4.42 Å². The summed E-state index contributed by atoms with van der Waals surface area (Å²) in [4.78, 5) is 2.92. The fraction of sp³-hybridized carbons (Fsp3) is 0.385. The van der Waals surface area contributed by atoms with Crippen LogP contribution in [-0.2, 0) is 12.8 Å². The Morgan fingerprint density at radius 2 is 2.07 bits per heavy atom. The highest BCUT2D eigenvalue weighted by Gasteiger charge is 2.10. The van der Waals surface area contributed by atoms with E-state index in [1.165, 1.54) is 9.75 Å². The summed E-state index contributed by atoms with van der Waals surface area (Å²) in [7, 11) is 0. The van der Waals surface area contributed by atoms with E-state index in [-0.39, 0.29) is 0 Å². The number of hydrogen-bond acceptors (Lipinski definition) is 2. The molecule has 0 saturated carbocycles. The predicted molar refractivity (Wildman–Crippen MR) is 64.5 cm³/mol. The quantitative estimate of drug-likeness (QED) is 0.750. The third kappa shape index (κ3) is 2.51. The molecule has 1 nitrogen and oxygen atoms in total. The summed E-state index contributed by atoms with van der Waals surface area (Å²) in [6.45, 7) is 4.41. The van der Waals surface area contributed by atoms with E-state index >= 15 is 0 Å². The van der Waals surface area contributed by atoms with E-state index in [4.69, 9.17) is 4.42 Å². The van der Waals surface area contributed by atoms with Gasteiger partial charge in [-0.05, 0) is 37.1 Å². The average molecular weight is 220 g/mol. The van der Waals surface area contributed by atoms with Gasteiger partial charge in [-0.2, -0.15) is 0 Å². The van der Waals surface area contributed by atoms with E-state index in [0.717, 1.165) is 18.6 Å². The predicted octanol–water partition coefficient (Wildman–Crippen LogP) is 4.25. The van der Waals surface area contributed by atoms with Crippen molar-refractivity contribution in [1.82, 2.24) is 0 Å². The Balaban J connectivity index is 2.02. The van der Waals surface area contributed by atoms with Crippen LogP contribution in [0.1, 0.15) is 35.3 Å². The van der Waals surface area contributed by atoms with Gasteiger partial charge in [0.25, 0.3) is 0 Å². The van der Waals surface area contributed by atoms with E-state index in [0.29, 0.717) is 5.92 Å². The molecule has 15 heavy (non-hydrogen) atoms. The summed E-state index contributed by atoms with van der Waals surface area (Å²) in [5, 5.41) is 0. The van der Waals surface area contributed by atoms with Gasteiger partial charge in [-0.1, -0.05) is 13.8 Å². The fourth-order valence-corrected chi connectivity index (χ4v) is 2.78. The molecule has 0 saturated heterocycles. The van der Waals surface area contributed by atoms with Gasteiger partial charge in [0.15, 0.2) is 0 Å². The van der Waals surface area contributed by atoms with Crippen molar-refractivity contribution in [3.8, 4) is 0 Å². The van der Waals surface area contributed by atoms with Crippen LogP contribution in [0.25, 0.3) is 0 Å². The number of thiophene rings is 1. The van der Waals surface area contributed by atoms with Gasteiger partial charge in [-0.15, -0.1) is 11.3 Å². The molecule has 0 aliphatic carbocycles. The molecule has 0 N–H and O–H groups in total. The Hall–Kier alpha value is -1.02. The fourth-order valence-electron chi connectivity index (χ4n) is 1.70. The van der Waals surface area contributed by atoms with Crippen molar-refractivity contribution in [3.63, 3.8) is 0 Å². The Labute approximate surface area is 94.7 Å². The average Bonchev–Trinajstić information content (AvgIpc) is 2.87. The smallest absolute Gasteiger partial charge is 0.106 e. The summed E-state index contributed by atoms with van der Waals surface area (Å²) >= 11 is 1.92. The van der Waals surface area contributed by atoms with Crippen LogP contribution in [0.2, 0.25) is 0 Å². The molecule has 2 heteroatoms. The second kappa shape index (κ2) is 4.67. The van der Waals surface area contributed by atoms with E-state index in [9.17, 15) is 0 Å². The molecule has 2 heterocycles. The molecular formula is C13H16OS. The van der Waals surface area contributed by atoms with Gasteiger partial charge in [-0.3, -0.25) is 0 Å². The molecule has 2 aromatic heterocycles. The number of hydrogen-bond donors (Lipinski definition) is 0. The zero-order valence-corrected chi connectivity index (χ0v) is 10.0. The first-order valence-electron chi connectivity index (χ1n) is 5.40. The number of aryl methyl sites for hydroxylation is 1. The van der Waals surface area contributed by atoms with Crippen molar-refractivity contribution in [2.45, 2.75) is 32.6 Å². The molecular weight excluding hydrogens is 204 g/mol. The molecule has 0 aliphatic rings. The first-order chi connectivity index (χ1) is 7.29. The maximum Gasteiger partial charge on any atom is 0.106 e. The molecule has 0 aliphatic heterocycles. The lowest BCUT2D eigenvalue weighted by atomic mass is 10.0. The van der Waals surface area contributed by atoms with Crippen LogP contribution >= 0.6 is 11.3 Å². The molecule has 1 atom stereocenters. The van der Waals surface area contributed by atoms with Crippen molar-refractivity contribution in [2.75, 3.05) is 0 Å². The van der Waals surface area contributed by atoms with Gasteiger partial charge in [0, 0.05) is 15.7 Å². The summed E-state index contributed by atoms with van der Waals surface area (Å²) < 4.78 is 5.41. The molecule has 2 rings (SSSR count). The first kappa shape index (κ1) is 10.5. The third-order valence-electron chi connectivity index (χ3n) is 2.60. The second-order valence-corrected chi connectivity index (χ2v) is 5.10. The highest BCUT2D eigenvalue weighted by Crippen LogP contribution is 2.25. The van der Waals surface area contributed by atoms with Crippen molar-refractivity contribution in [2.24, 2.45) is 0 Å². The van der Waals surface area contributed by atoms with E-state index in [1.807, 2.05) is 17.4 Å². The maximum atomic E-state index is 5.41. The molecule has 0 radical (unpaired) electrons. The lowest BCUT2D eigenvalue weighted by Gasteiger charge is -2.05. The van der Waals surface area contributed by atoms with Crippen LogP contribution in [0.3, 0.4) is 0 Å². The van der Waals surface area contributed by atoms with Gasteiger partial charge >= 0.3 is 0 Å². The van der Waals surface area contributed by atoms with Crippen LogP contribution in [0.4, 0.5) is 0 Å². The summed E-state index contributed by atoms with van der Waals surface area (Å²) in [5.41, 5.74) is 0. The van der Waals surface area contributed by atoms with Crippen molar-refractivity contribution in [1.29, 1.82) is 0 Å². The molecule has 0 bridgehead atoms. The standard InChI is InChI=1S/C13H16OS/c1-3-11-6-7-12(15-11)9-10(2)13-5-4-8-14-13/h4-8,10H,3,9H2,1-2H3. The molecule has 1 unspecified atom stereocenters. The maximum absolute atomic E-state index is 5.41. The van der Waals surface area contributed by atoms with Gasteiger partial charge in [0.05, 0.1) is 6.26 Å². The zero-order valence-electron chi connectivity index (χ0n) is 9.19. The zero-order chi connectivity index (χ0) is 10.7. The minimum Gasteiger partial charge on any atom is -0.469 e. The Morgan fingerprint density at radius 3 is 2.67 bits per heavy atom. The summed E-state index contributed by atoms with van der Waals surface area (Å²) in [6.07, 6.45) is 3.97. The highest BCUT2D eigenvalue weighted by atomic mass is 32.1. The Bertz CT molecular complexity index is 400.